The first-order valence-electron chi connectivity index (χ1n) is 7.01. The van der Waals surface area contributed by atoms with Gasteiger partial charge in [0.2, 0.25) is 0 Å². The van der Waals surface area contributed by atoms with E-state index in [0.717, 1.165) is 15.9 Å². The summed E-state index contributed by atoms with van der Waals surface area (Å²) >= 11 is 7.51. The highest BCUT2D eigenvalue weighted by Gasteiger charge is 2.14. The first-order chi connectivity index (χ1) is 11.6. The van der Waals surface area contributed by atoms with E-state index >= 15 is 0 Å². The third-order valence-corrected chi connectivity index (χ3v) is 4.56. The smallest absolute Gasteiger partial charge is 0.131 e. The Bertz CT molecular complexity index is 1000. The van der Waals surface area contributed by atoms with E-state index in [1.165, 1.54) is 11.8 Å². The zero-order chi connectivity index (χ0) is 17.3. The number of hydrogen-bond acceptors (Lipinski definition) is 5. The Balaban J connectivity index is 2.17. The molecule has 2 heterocycles. The zero-order valence-electron chi connectivity index (χ0n) is 13.0. The topological polar surface area (TPSA) is 74.2 Å². The highest BCUT2D eigenvalue weighted by molar-refractivity contribution is 7.98. The molecule has 1 N–H and O–H groups in total. The molecular formula is C17H13ClN4OS. The Morgan fingerprint density at radius 2 is 2.12 bits per heavy atom. The van der Waals surface area contributed by atoms with Gasteiger partial charge in [-0.05, 0) is 30.5 Å². The van der Waals surface area contributed by atoms with Crippen molar-refractivity contribution >= 4 is 40.0 Å². The zero-order valence-corrected chi connectivity index (χ0v) is 14.6. The second-order valence-electron chi connectivity index (χ2n) is 5.17. The summed E-state index contributed by atoms with van der Waals surface area (Å²) in [6.45, 7) is 0. The van der Waals surface area contributed by atoms with Gasteiger partial charge < -0.3 is 9.77 Å². The van der Waals surface area contributed by atoms with Crippen molar-refractivity contribution < 1.29 is 5.21 Å². The van der Waals surface area contributed by atoms with Crippen molar-refractivity contribution in [3.8, 4) is 6.07 Å². The summed E-state index contributed by atoms with van der Waals surface area (Å²) in [7, 11) is 1.89. The Hall–Kier alpha value is -2.49. The van der Waals surface area contributed by atoms with Crippen molar-refractivity contribution in [1.29, 1.82) is 5.26 Å². The predicted molar refractivity (Wildman–Crippen MR) is 96.1 cm³/mol. The standard InChI is InChI=1S/C17H13ClN4OS/c1-22-9-12(8-19)13-5-10(3-4-14(13)22)17(21-23)11-6-15(18)20-16(7-11)24-2/h3-7,9,23H,1-2H3. The molecule has 0 fully saturated rings. The third-order valence-electron chi connectivity index (χ3n) is 3.74. The average Bonchev–Trinajstić information content (AvgIpc) is 2.91. The molecule has 5 nitrogen and oxygen atoms in total. The molecule has 0 aliphatic carbocycles. The van der Waals surface area contributed by atoms with Crippen LogP contribution in [0.5, 0.6) is 0 Å². The molecule has 0 spiro atoms. The van der Waals surface area contributed by atoms with Crippen LogP contribution in [0.15, 0.2) is 46.7 Å². The van der Waals surface area contributed by atoms with Gasteiger partial charge in [0.05, 0.1) is 10.6 Å². The van der Waals surface area contributed by atoms with Gasteiger partial charge in [-0.15, -0.1) is 11.8 Å². The molecule has 0 aliphatic rings. The van der Waals surface area contributed by atoms with Crippen LogP contribution in [0, 0.1) is 11.3 Å². The second kappa shape index (κ2) is 6.56. The van der Waals surface area contributed by atoms with Crippen molar-refractivity contribution in [3.63, 3.8) is 0 Å². The summed E-state index contributed by atoms with van der Waals surface area (Å²) in [5, 5.41) is 24.1. The maximum Gasteiger partial charge on any atom is 0.131 e. The summed E-state index contributed by atoms with van der Waals surface area (Å²) in [4.78, 5) is 4.19. The van der Waals surface area contributed by atoms with Gasteiger partial charge >= 0.3 is 0 Å². The number of nitriles is 1. The number of nitrogens with zero attached hydrogens (tertiary/aromatic N) is 4. The summed E-state index contributed by atoms with van der Waals surface area (Å²) < 4.78 is 1.89. The lowest BCUT2D eigenvalue weighted by molar-refractivity contribution is 0.319. The number of thioether (sulfide) groups is 1. The van der Waals surface area contributed by atoms with Crippen molar-refractivity contribution in [3.05, 3.63) is 58.4 Å². The van der Waals surface area contributed by atoms with E-state index in [9.17, 15) is 10.5 Å². The number of fused-ring (bicyclic) bond motifs is 1. The molecule has 3 rings (SSSR count). The molecule has 0 saturated carbocycles. The average molecular weight is 357 g/mol. The summed E-state index contributed by atoms with van der Waals surface area (Å²) in [5.74, 6) is 0. The van der Waals surface area contributed by atoms with Gasteiger partial charge in [-0.25, -0.2) is 4.98 Å². The minimum absolute atomic E-state index is 0.330. The molecule has 7 heteroatoms. The van der Waals surface area contributed by atoms with Crippen molar-refractivity contribution in [2.45, 2.75) is 5.03 Å². The molecule has 0 amide bonds. The van der Waals surface area contributed by atoms with Gasteiger partial charge in [0.1, 0.15) is 16.9 Å². The van der Waals surface area contributed by atoms with Crippen LogP contribution in [0.1, 0.15) is 16.7 Å². The van der Waals surface area contributed by atoms with Crippen molar-refractivity contribution in [2.24, 2.45) is 12.2 Å². The second-order valence-corrected chi connectivity index (χ2v) is 6.38. The van der Waals surface area contributed by atoms with Crippen molar-refractivity contribution in [1.82, 2.24) is 9.55 Å². The maximum absolute atomic E-state index is 9.54. The fourth-order valence-corrected chi connectivity index (χ4v) is 3.32. The summed E-state index contributed by atoms with van der Waals surface area (Å²) in [6, 6.07) is 11.2. The number of rotatable bonds is 3. The van der Waals surface area contributed by atoms with Gasteiger partial charge in [0.15, 0.2) is 0 Å². The summed E-state index contributed by atoms with van der Waals surface area (Å²) in [6.07, 6.45) is 3.67. The van der Waals surface area contributed by atoms with E-state index in [2.05, 4.69) is 16.2 Å². The molecule has 0 radical (unpaired) electrons. The normalized spacial score (nSPS) is 11.7. The molecule has 3 aromatic rings. The molecule has 0 saturated heterocycles. The van der Waals surface area contributed by atoms with Gasteiger partial charge in [-0.3, -0.25) is 0 Å². The molecule has 24 heavy (non-hydrogen) atoms. The highest BCUT2D eigenvalue weighted by Crippen LogP contribution is 2.25. The Labute approximate surface area is 148 Å². The van der Waals surface area contributed by atoms with Crippen LogP contribution in [0.3, 0.4) is 0 Å². The third kappa shape index (κ3) is 2.84. The Kier molecular flexibility index (Phi) is 4.47. The van der Waals surface area contributed by atoms with Crippen LogP contribution in [-0.4, -0.2) is 26.7 Å². The number of aryl methyl sites for hydroxylation is 1. The molecular weight excluding hydrogens is 344 g/mol. The van der Waals surface area contributed by atoms with E-state index < -0.39 is 0 Å². The quantitative estimate of drug-likeness (QED) is 0.252. The Morgan fingerprint density at radius 1 is 1.33 bits per heavy atom. The molecule has 0 bridgehead atoms. The number of oxime groups is 1. The van der Waals surface area contributed by atoms with Crippen LogP contribution < -0.4 is 0 Å². The minimum Gasteiger partial charge on any atom is -0.410 e. The molecule has 120 valence electrons. The van der Waals surface area contributed by atoms with E-state index in [1.54, 1.807) is 12.3 Å². The largest absolute Gasteiger partial charge is 0.410 e. The minimum atomic E-state index is 0.330. The lowest BCUT2D eigenvalue weighted by Crippen LogP contribution is -2.04. The number of pyridine rings is 1. The number of halogens is 1. The first kappa shape index (κ1) is 16.4. The monoisotopic (exact) mass is 356 g/mol. The van der Waals surface area contributed by atoms with Gasteiger partial charge in [0.25, 0.3) is 0 Å². The Morgan fingerprint density at radius 3 is 2.79 bits per heavy atom. The fraction of sp³-hybridized carbons (Fsp3) is 0.118. The molecule has 0 aliphatic heterocycles. The SMILES string of the molecule is CSc1cc(C(=NO)c2ccc3c(c2)c(C#N)cn3C)cc(Cl)n1. The van der Waals surface area contributed by atoms with E-state index in [-0.39, 0.29) is 0 Å². The highest BCUT2D eigenvalue weighted by atomic mass is 35.5. The van der Waals surface area contributed by atoms with Gasteiger partial charge in [-0.1, -0.05) is 22.8 Å². The van der Waals surface area contributed by atoms with Crippen molar-refractivity contribution in [2.75, 3.05) is 6.26 Å². The molecule has 0 unspecified atom stereocenters. The van der Waals surface area contributed by atoms with Gasteiger partial charge in [-0.2, -0.15) is 5.26 Å². The van der Waals surface area contributed by atoms with E-state index in [0.29, 0.717) is 27.6 Å². The van der Waals surface area contributed by atoms with Crippen LogP contribution in [0.4, 0.5) is 0 Å². The van der Waals surface area contributed by atoms with E-state index in [4.69, 9.17) is 11.6 Å². The number of hydrogen-bond donors (Lipinski definition) is 1. The first-order valence-corrected chi connectivity index (χ1v) is 8.61. The predicted octanol–water partition coefficient (Wildman–Crippen LogP) is 4.05. The fourth-order valence-electron chi connectivity index (χ4n) is 2.62. The molecule has 1 aromatic carbocycles. The van der Waals surface area contributed by atoms with E-state index in [1.807, 2.05) is 42.1 Å². The number of aromatic nitrogens is 2. The summed E-state index contributed by atoms with van der Waals surface area (Å²) in [5.41, 5.74) is 3.25. The molecule has 2 aromatic heterocycles. The van der Waals surface area contributed by atoms with Crippen LogP contribution >= 0.6 is 23.4 Å². The van der Waals surface area contributed by atoms with Crippen LogP contribution in [0.2, 0.25) is 5.15 Å². The molecule has 0 atom stereocenters. The van der Waals surface area contributed by atoms with Crippen LogP contribution in [0.25, 0.3) is 10.9 Å². The lowest BCUT2D eigenvalue weighted by atomic mass is 10.0. The lowest BCUT2D eigenvalue weighted by Gasteiger charge is -2.08. The van der Waals surface area contributed by atoms with Gasteiger partial charge in [0, 0.05) is 35.3 Å². The maximum atomic E-state index is 9.54. The number of benzene rings is 1. The van der Waals surface area contributed by atoms with Crippen LogP contribution in [-0.2, 0) is 7.05 Å².